The van der Waals surface area contributed by atoms with E-state index in [2.05, 4.69) is 39.5 Å². The molecule has 2 heterocycles. The van der Waals surface area contributed by atoms with E-state index < -0.39 is 65.3 Å². The number of phosphoric acid groups is 1. The summed E-state index contributed by atoms with van der Waals surface area (Å²) in [7, 11) is -19.2. The second-order valence-electron chi connectivity index (χ2n) is 7.60. The lowest BCUT2D eigenvalue weighted by atomic mass is 10.1. The number of phosphoric ester groups is 1. The van der Waals surface area contributed by atoms with Crippen LogP contribution in [0.3, 0.4) is 0 Å². The average molecular weight is 651 g/mol. The van der Waals surface area contributed by atoms with E-state index in [0.717, 1.165) is 10.8 Å². The second kappa shape index (κ2) is 14.9. The van der Waals surface area contributed by atoms with E-state index in [9.17, 15) is 42.4 Å². The Morgan fingerprint density at radius 2 is 1.62 bits per heavy atom. The van der Waals surface area contributed by atoms with Crippen molar-refractivity contribution in [1.82, 2.24) is 14.5 Å². The van der Waals surface area contributed by atoms with Gasteiger partial charge in [0.2, 0.25) is 0 Å². The highest BCUT2D eigenvalue weighted by Crippen LogP contribution is 2.77. The monoisotopic (exact) mass is 651 g/mol. The van der Waals surface area contributed by atoms with Gasteiger partial charge in [0.15, 0.2) is 6.23 Å². The quantitative estimate of drug-likeness (QED) is 0.133. The van der Waals surface area contributed by atoms with Gasteiger partial charge in [-0.25, -0.2) is 13.7 Å². The summed E-state index contributed by atoms with van der Waals surface area (Å²) >= 11 is 4.72. The Balaban J connectivity index is 0.00000159. The first-order valence-electron chi connectivity index (χ1n) is 10.7. The third-order valence-electron chi connectivity index (χ3n) is 5.11. The summed E-state index contributed by atoms with van der Waals surface area (Å²) in [6.45, 7) is 8.92. The molecule has 1 aliphatic heterocycles. The molecule has 230 valence electrons. The molecule has 22 heteroatoms. The van der Waals surface area contributed by atoms with Gasteiger partial charge in [-0.15, -0.1) is 0 Å². The fraction of sp³-hybridized carbons (Fsp3) is 0.765. The van der Waals surface area contributed by atoms with Crippen LogP contribution < -0.4 is 5.69 Å². The standard InChI is InChI=1S/C10H15F2N2O13P3S.C6H15N.CH4/c11-10(12,28(18,19)20)29(21,22)27-30(23,24)25-3-4-6(15)7(16)8(26-4)14-2-1-5(31)13-9(14)17;1-4-7(5-2)6-3;/h1-2,4,6-8,15-16H,3H2,(H,21,22)(H,23,24)(H,13,17,31)(H2,18,19,20);4-6H2,1-3H3;1H4/t4-,6-,7-,8-;;/m1../s1. The SMILES string of the molecule is C.CCN(CC)CC.O=c1[nH]c(=S)ccn1[C@@H]1O[C@H](COP(=O)(O)OP(=O)(O)C(F)(F)P(=O)(O)O)[C@@H](O)[C@H]1O. The van der Waals surface area contributed by atoms with Crippen molar-refractivity contribution in [3.8, 4) is 0 Å². The number of nitrogens with one attached hydrogen (secondary N) is 1. The highest BCUT2D eigenvalue weighted by Gasteiger charge is 2.67. The fourth-order valence-electron chi connectivity index (χ4n) is 2.94. The van der Waals surface area contributed by atoms with Gasteiger partial charge in [-0.2, -0.15) is 8.78 Å². The number of nitrogens with zero attached hydrogens (tertiary/aromatic N) is 2. The van der Waals surface area contributed by atoms with Crippen LogP contribution in [0.25, 0.3) is 0 Å². The summed E-state index contributed by atoms with van der Waals surface area (Å²) in [4.78, 5) is 51.7. The molecule has 1 aromatic heterocycles. The first-order valence-corrected chi connectivity index (χ1v) is 15.8. The first-order chi connectivity index (χ1) is 17.2. The van der Waals surface area contributed by atoms with Crippen LogP contribution in [0.5, 0.6) is 0 Å². The minimum absolute atomic E-state index is 0. The number of rotatable bonds is 11. The smallest absolute Gasteiger partial charge is 0.387 e. The zero-order valence-electron chi connectivity index (χ0n) is 20.2. The molecule has 0 aromatic carbocycles. The molecule has 1 fully saturated rings. The molecule has 1 aromatic rings. The molecule has 1 saturated heterocycles. The number of halogens is 2. The van der Waals surface area contributed by atoms with Gasteiger partial charge in [0.25, 0.3) is 0 Å². The Hall–Kier alpha value is -0.750. The van der Waals surface area contributed by atoms with Gasteiger partial charge in [0.1, 0.15) is 23.0 Å². The predicted octanol–water partition coefficient (Wildman–Crippen LogP) is 1.56. The summed E-state index contributed by atoms with van der Waals surface area (Å²) in [6, 6.07) is 1.23. The largest absolute Gasteiger partial charge is 0.479 e. The number of H-pyrrole nitrogens is 1. The van der Waals surface area contributed by atoms with Gasteiger partial charge in [0, 0.05) is 6.20 Å². The lowest BCUT2D eigenvalue weighted by Gasteiger charge is -2.24. The molecule has 0 saturated carbocycles. The van der Waals surface area contributed by atoms with Crippen LogP contribution in [-0.4, -0.2) is 94.2 Å². The Morgan fingerprint density at radius 1 is 1.10 bits per heavy atom. The fourth-order valence-corrected chi connectivity index (χ4v) is 6.77. The molecule has 39 heavy (non-hydrogen) atoms. The van der Waals surface area contributed by atoms with Crippen LogP contribution in [0, 0.1) is 4.64 Å². The zero-order valence-corrected chi connectivity index (χ0v) is 23.7. The van der Waals surface area contributed by atoms with Crippen molar-refractivity contribution in [1.29, 1.82) is 0 Å². The topological polar surface area (TPSA) is 241 Å². The zero-order chi connectivity index (χ0) is 29.7. The lowest BCUT2D eigenvalue weighted by Crippen LogP contribution is -2.36. The molecule has 2 rings (SSSR count). The predicted molar refractivity (Wildman–Crippen MR) is 136 cm³/mol. The summed E-state index contributed by atoms with van der Waals surface area (Å²) < 4.78 is 74.0. The average Bonchev–Trinajstić information content (AvgIpc) is 3.06. The second-order valence-corrected chi connectivity index (χ2v) is 13.5. The molecule has 0 spiro atoms. The summed E-state index contributed by atoms with van der Waals surface area (Å²) in [5, 5.41) is 14.2. The van der Waals surface area contributed by atoms with E-state index in [4.69, 9.17) is 31.6 Å². The minimum Gasteiger partial charge on any atom is -0.387 e. The molecule has 7 N–H and O–H groups in total. The van der Waals surface area contributed by atoms with Gasteiger partial charge >= 0.3 is 34.1 Å². The van der Waals surface area contributed by atoms with Crippen LogP contribution in [0.1, 0.15) is 34.4 Å². The molecular formula is C17H34F2N3O13P3S. The maximum Gasteiger partial charge on any atom is 0.479 e. The highest BCUT2D eigenvalue weighted by molar-refractivity contribution is 7.75. The van der Waals surface area contributed by atoms with E-state index in [1.54, 1.807) is 0 Å². The van der Waals surface area contributed by atoms with Crippen molar-refractivity contribution in [2.75, 3.05) is 26.2 Å². The Labute approximate surface area is 227 Å². The van der Waals surface area contributed by atoms with Gasteiger partial charge < -0.3 is 39.4 Å². The van der Waals surface area contributed by atoms with E-state index in [1.165, 1.54) is 25.7 Å². The van der Waals surface area contributed by atoms with Gasteiger partial charge in [0.05, 0.1) is 6.61 Å². The molecule has 1 aliphatic rings. The summed E-state index contributed by atoms with van der Waals surface area (Å²) in [5.74, 6) is 0. The highest BCUT2D eigenvalue weighted by atomic mass is 32.1. The van der Waals surface area contributed by atoms with E-state index in [1.807, 2.05) is 0 Å². The van der Waals surface area contributed by atoms with Crippen molar-refractivity contribution in [3.63, 3.8) is 0 Å². The summed E-state index contributed by atoms with van der Waals surface area (Å²) in [6.07, 6.45) is -5.79. The van der Waals surface area contributed by atoms with Gasteiger partial charge in [-0.3, -0.25) is 23.2 Å². The van der Waals surface area contributed by atoms with E-state index in [0.29, 0.717) is 0 Å². The first kappa shape index (κ1) is 38.2. The van der Waals surface area contributed by atoms with Crippen molar-refractivity contribution in [3.05, 3.63) is 27.4 Å². The number of aliphatic hydroxyl groups excluding tert-OH is 2. The number of aromatic amines is 1. The van der Waals surface area contributed by atoms with Crippen molar-refractivity contribution >= 4 is 35.2 Å². The number of hydrogen-bond donors (Lipinski definition) is 7. The molecule has 16 nitrogen and oxygen atoms in total. The normalized spacial score (nSPS) is 24.7. The molecule has 2 unspecified atom stereocenters. The molecule has 0 amide bonds. The number of aromatic nitrogens is 2. The molecule has 0 radical (unpaired) electrons. The van der Waals surface area contributed by atoms with Crippen LogP contribution in [0.15, 0.2) is 17.1 Å². The maximum atomic E-state index is 13.4. The van der Waals surface area contributed by atoms with Gasteiger partial charge in [-0.05, 0) is 25.7 Å². The number of hydrogen-bond acceptors (Lipinski definition) is 11. The molecule has 0 bridgehead atoms. The number of ether oxygens (including phenoxy) is 1. The van der Waals surface area contributed by atoms with Crippen LogP contribution in [0.4, 0.5) is 8.78 Å². The van der Waals surface area contributed by atoms with Crippen LogP contribution >= 0.6 is 35.2 Å². The number of alkyl halides is 2. The molecular weight excluding hydrogens is 617 g/mol. The molecule has 0 aliphatic carbocycles. The lowest BCUT2D eigenvalue weighted by molar-refractivity contribution is -0.0542. The Morgan fingerprint density at radius 3 is 2.03 bits per heavy atom. The Bertz CT molecular complexity index is 1190. The van der Waals surface area contributed by atoms with Crippen molar-refractivity contribution in [2.45, 2.75) is 58.1 Å². The molecule has 6 atom stereocenters. The Kier molecular flexibility index (Phi) is 14.6. The minimum atomic E-state index is -6.75. The van der Waals surface area contributed by atoms with E-state index in [-0.39, 0.29) is 12.1 Å². The van der Waals surface area contributed by atoms with Gasteiger partial charge in [-0.1, -0.05) is 40.4 Å². The number of aliphatic hydroxyl groups is 2. The third-order valence-corrected chi connectivity index (χ3v) is 10.5. The van der Waals surface area contributed by atoms with Crippen LogP contribution in [0.2, 0.25) is 0 Å². The van der Waals surface area contributed by atoms with Crippen molar-refractivity contribution < 1.29 is 65.8 Å². The van der Waals surface area contributed by atoms with Crippen LogP contribution in [-0.2, 0) is 27.3 Å². The van der Waals surface area contributed by atoms with Crippen molar-refractivity contribution in [2.24, 2.45) is 0 Å². The van der Waals surface area contributed by atoms with E-state index >= 15 is 0 Å². The summed E-state index contributed by atoms with van der Waals surface area (Å²) in [5.41, 5.74) is -0.859. The third kappa shape index (κ3) is 9.94. The maximum absolute atomic E-state index is 13.4.